The maximum Gasteiger partial charge on any atom is 0.416 e. The molecule has 2 fully saturated rings. The van der Waals surface area contributed by atoms with Crippen LogP contribution in [-0.4, -0.2) is 69.2 Å². The molecule has 0 unspecified atom stereocenters. The van der Waals surface area contributed by atoms with Crippen LogP contribution in [0.4, 0.5) is 35.9 Å². The van der Waals surface area contributed by atoms with Crippen molar-refractivity contribution < 1.29 is 50.2 Å². The maximum absolute atomic E-state index is 13.3. The lowest BCUT2D eigenvalue weighted by molar-refractivity contribution is -0.143. The summed E-state index contributed by atoms with van der Waals surface area (Å²) in [5.41, 5.74) is -2.12. The maximum atomic E-state index is 13.3. The average Bonchev–Trinajstić information content (AvgIpc) is 3.65. The highest BCUT2D eigenvalue weighted by molar-refractivity contribution is 5.91. The molecule has 324 valence electrons. The van der Waals surface area contributed by atoms with Gasteiger partial charge in [0.1, 0.15) is 11.2 Å². The number of halogens is 6. The van der Waals surface area contributed by atoms with E-state index in [1.54, 1.807) is 30.6 Å². The van der Waals surface area contributed by atoms with Crippen molar-refractivity contribution >= 4 is 18.0 Å². The molecule has 2 heterocycles. The first-order valence-corrected chi connectivity index (χ1v) is 20.0. The number of likely N-dealkylation sites (tertiary alicyclic amines) is 2. The smallest absolute Gasteiger partial charge is 0.416 e. The predicted molar refractivity (Wildman–Crippen MR) is 213 cm³/mol. The number of carbonyl (C=O) groups excluding carboxylic acids is 3. The van der Waals surface area contributed by atoms with Crippen molar-refractivity contribution in [3.05, 3.63) is 107 Å². The van der Waals surface area contributed by atoms with Gasteiger partial charge in [0.05, 0.1) is 23.2 Å². The lowest BCUT2D eigenvalue weighted by Crippen LogP contribution is -2.49. The van der Waals surface area contributed by atoms with E-state index < -0.39 is 52.9 Å². The van der Waals surface area contributed by atoms with Gasteiger partial charge in [0, 0.05) is 37.5 Å². The summed E-state index contributed by atoms with van der Waals surface area (Å²) >= 11 is 0. The van der Waals surface area contributed by atoms with Crippen LogP contribution >= 0.6 is 0 Å². The molecule has 2 aliphatic rings. The largest absolute Gasteiger partial charge is 0.444 e. The summed E-state index contributed by atoms with van der Waals surface area (Å²) in [4.78, 5) is 41.4. The van der Waals surface area contributed by atoms with Gasteiger partial charge in [0.15, 0.2) is 5.78 Å². The Morgan fingerprint density at radius 2 is 1.12 bits per heavy atom. The number of amides is 2. The SMILES string of the molecule is CC[C@@H]1CC(=O)[C@H](Cc2ccccc2)N1C(=O)OC(C)(C)C.CC[C@@H]1C[C@H](NCc2cc(C(F)(F)F)cc(C(F)(F)F)c2)[C@H](Cc2ccccc2)N1C(=O)OC(C)(C)C. The lowest BCUT2D eigenvalue weighted by atomic mass is 9.98. The molecule has 0 spiro atoms. The third-order valence-electron chi connectivity index (χ3n) is 10.2. The Balaban J connectivity index is 0.000000297. The van der Waals surface area contributed by atoms with Gasteiger partial charge in [-0.3, -0.25) is 9.69 Å². The number of hydrogen-bond acceptors (Lipinski definition) is 6. The lowest BCUT2D eigenvalue weighted by Gasteiger charge is -2.33. The molecule has 2 aliphatic heterocycles. The van der Waals surface area contributed by atoms with Crippen molar-refractivity contribution in [3.8, 4) is 0 Å². The first-order chi connectivity index (χ1) is 27.4. The van der Waals surface area contributed by atoms with Gasteiger partial charge in [0.25, 0.3) is 0 Å². The van der Waals surface area contributed by atoms with E-state index in [-0.39, 0.29) is 48.2 Å². The number of alkyl halides is 6. The number of nitrogens with zero attached hydrogens (tertiary/aromatic N) is 2. The van der Waals surface area contributed by atoms with Gasteiger partial charge in [-0.1, -0.05) is 74.5 Å². The molecule has 0 aromatic heterocycles. The molecule has 8 nitrogen and oxygen atoms in total. The van der Waals surface area contributed by atoms with Crippen LogP contribution in [0.2, 0.25) is 0 Å². The summed E-state index contributed by atoms with van der Waals surface area (Å²) in [6.45, 7) is 14.5. The van der Waals surface area contributed by atoms with Crippen LogP contribution in [0.15, 0.2) is 78.9 Å². The van der Waals surface area contributed by atoms with E-state index in [1.165, 1.54) is 0 Å². The van der Waals surface area contributed by atoms with Crippen molar-refractivity contribution in [2.45, 2.75) is 154 Å². The monoisotopic (exact) mass is 833 g/mol. The van der Waals surface area contributed by atoms with Gasteiger partial charge in [-0.15, -0.1) is 0 Å². The van der Waals surface area contributed by atoms with E-state index >= 15 is 0 Å². The minimum absolute atomic E-state index is 0.0592. The molecular weight excluding hydrogens is 776 g/mol. The van der Waals surface area contributed by atoms with Gasteiger partial charge in [-0.25, -0.2) is 9.59 Å². The molecule has 0 saturated carbocycles. The topological polar surface area (TPSA) is 88.2 Å². The second kappa shape index (κ2) is 19.2. The number of rotatable bonds is 9. The minimum atomic E-state index is -4.92. The van der Waals surface area contributed by atoms with Crippen LogP contribution in [0.5, 0.6) is 0 Å². The van der Waals surface area contributed by atoms with Crippen LogP contribution in [0.3, 0.4) is 0 Å². The van der Waals surface area contributed by atoms with Crippen LogP contribution in [0.1, 0.15) is 109 Å². The first-order valence-electron chi connectivity index (χ1n) is 20.0. The molecule has 3 aromatic rings. The highest BCUT2D eigenvalue weighted by Crippen LogP contribution is 2.37. The average molecular weight is 834 g/mol. The fraction of sp³-hybridized carbons (Fsp3) is 0.533. The number of ether oxygens (including phenoxy) is 2. The third kappa shape index (κ3) is 13.5. The van der Waals surface area contributed by atoms with E-state index in [2.05, 4.69) is 5.32 Å². The zero-order chi connectivity index (χ0) is 43.9. The van der Waals surface area contributed by atoms with Crippen molar-refractivity contribution in [1.29, 1.82) is 0 Å². The fourth-order valence-electron chi connectivity index (χ4n) is 7.53. The molecule has 2 saturated heterocycles. The zero-order valence-electron chi connectivity index (χ0n) is 35.0. The standard InChI is InChI=1S/C27H32F6N2O2.C18H25NO3/c1-5-21-15-22(34-16-18-11-19(26(28,29)30)14-20(12-18)27(31,32)33)23(13-17-9-7-6-8-10-17)35(21)24(36)37-25(2,3)4;1-5-14-12-16(20)15(11-13-9-7-6-8-10-13)19(14)17(21)22-18(2,3)4/h6-12,14,21-23,34H,5,13,15-16H2,1-4H3;6-10,14-15H,5,11-12H2,1-4H3/t21-,22+,23+;14-,15+/m11/s1. The van der Waals surface area contributed by atoms with Crippen LogP contribution in [-0.2, 0) is 46.0 Å². The molecule has 14 heteroatoms. The fourth-order valence-corrected chi connectivity index (χ4v) is 7.53. The molecule has 2 amide bonds. The molecule has 1 N–H and O–H groups in total. The summed E-state index contributed by atoms with van der Waals surface area (Å²) in [5.74, 6) is 0.126. The predicted octanol–water partition coefficient (Wildman–Crippen LogP) is 10.8. The Hall–Kier alpha value is -4.59. The molecule has 0 radical (unpaired) electrons. The Labute approximate surface area is 343 Å². The van der Waals surface area contributed by atoms with Gasteiger partial charge in [-0.2, -0.15) is 26.3 Å². The Morgan fingerprint density at radius 3 is 1.56 bits per heavy atom. The Kier molecular flexibility index (Phi) is 15.3. The van der Waals surface area contributed by atoms with Gasteiger partial charge < -0.3 is 19.7 Å². The summed E-state index contributed by atoms with van der Waals surface area (Å²) in [5, 5.41) is 3.15. The van der Waals surface area contributed by atoms with E-state index in [9.17, 15) is 40.7 Å². The highest BCUT2D eigenvalue weighted by atomic mass is 19.4. The van der Waals surface area contributed by atoms with E-state index in [1.807, 2.05) is 95.3 Å². The van der Waals surface area contributed by atoms with Gasteiger partial charge >= 0.3 is 24.5 Å². The van der Waals surface area contributed by atoms with Crippen molar-refractivity contribution in [3.63, 3.8) is 0 Å². The summed E-state index contributed by atoms with van der Waals surface area (Å²) in [7, 11) is 0. The first kappa shape index (κ1) is 47.1. The summed E-state index contributed by atoms with van der Waals surface area (Å²) < 4.78 is 91.0. The van der Waals surface area contributed by atoms with Crippen LogP contribution < -0.4 is 5.32 Å². The Morgan fingerprint density at radius 1 is 0.661 bits per heavy atom. The van der Waals surface area contributed by atoms with Crippen molar-refractivity contribution in [2.24, 2.45) is 0 Å². The van der Waals surface area contributed by atoms with E-state index in [4.69, 9.17) is 9.47 Å². The molecule has 5 atom stereocenters. The molecule has 59 heavy (non-hydrogen) atoms. The van der Waals surface area contributed by atoms with Crippen molar-refractivity contribution in [2.75, 3.05) is 0 Å². The molecule has 3 aromatic carbocycles. The second-order valence-corrected chi connectivity index (χ2v) is 17.2. The normalized spacial score (nSPS) is 21.3. The number of Topliss-reactive ketones (excluding diaryl/α,β-unsaturated/α-hetero) is 1. The van der Waals surface area contributed by atoms with Gasteiger partial charge in [0.2, 0.25) is 0 Å². The number of hydrogen-bond donors (Lipinski definition) is 1. The van der Waals surface area contributed by atoms with E-state index in [0.29, 0.717) is 32.1 Å². The van der Waals surface area contributed by atoms with Crippen LogP contribution in [0, 0.1) is 0 Å². The highest BCUT2D eigenvalue weighted by Gasteiger charge is 2.46. The van der Waals surface area contributed by atoms with Gasteiger partial charge in [-0.05, 0) is 102 Å². The quantitative estimate of drug-likeness (QED) is 0.216. The van der Waals surface area contributed by atoms with E-state index in [0.717, 1.165) is 29.7 Å². The summed E-state index contributed by atoms with van der Waals surface area (Å²) in [6, 6.07) is 19.3. The molecule has 0 bridgehead atoms. The number of nitrogens with one attached hydrogen (secondary N) is 1. The summed E-state index contributed by atoms with van der Waals surface area (Å²) in [6.07, 6.45) is -7.43. The molecular formula is C45H57F6N3O5. The van der Waals surface area contributed by atoms with Crippen LogP contribution in [0.25, 0.3) is 0 Å². The number of ketones is 1. The minimum Gasteiger partial charge on any atom is -0.444 e. The second-order valence-electron chi connectivity index (χ2n) is 17.2. The molecule has 5 rings (SSSR count). The zero-order valence-corrected chi connectivity index (χ0v) is 35.0. The Bertz CT molecular complexity index is 1830. The third-order valence-corrected chi connectivity index (χ3v) is 10.2. The number of carbonyl (C=O) groups is 3. The molecule has 0 aliphatic carbocycles. The number of benzene rings is 3. The van der Waals surface area contributed by atoms with Crippen molar-refractivity contribution in [1.82, 2.24) is 15.1 Å².